The highest BCUT2D eigenvalue weighted by atomic mass is 79.9. The van der Waals surface area contributed by atoms with Gasteiger partial charge in [0.1, 0.15) is 6.54 Å². The molecule has 0 saturated carbocycles. The number of nitrogens with one attached hydrogen (secondary N) is 2. The molecule has 2 N–H and O–H groups in total. The quantitative estimate of drug-likeness (QED) is 0.684. The summed E-state index contributed by atoms with van der Waals surface area (Å²) in [7, 11) is 0. The molecule has 0 saturated heterocycles. The van der Waals surface area contributed by atoms with E-state index < -0.39 is 0 Å². The number of benzene rings is 1. The lowest BCUT2D eigenvalue weighted by Crippen LogP contribution is -2.21. The van der Waals surface area contributed by atoms with Crippen molar-refractivity contribution in [1.82, 2.24) is 14.9 Å². The highest BCUT2D eigenvalue weighted by Crippen LogP contribution is 2.33. The van der Waals surface area contributed by atoms with Crippen LogP contribution in [0.3, 0.4) is 0 Å². The smallest absolute Gasteiger partial charge is 0.246 e. The first-order valence-corrected chi connectivity index (χ1v) is 10.0. The van der Waals surface area contributed by atoms with Crippen LogP contribution in [-0.4, -0.2) is 28.5 Å². The summed E-state index contributed by atoms with van der Waals surface area (Å²) in [5.41, 5.74) is 4.66. The van der Waals surface area contributed by atoms with E-state index in [1.165, 1.54) is 28.0 Å². The van der Waals surface area contributed by atoms with Crippen molar-refractivity contribution in [3.8, 4) is 0 Å². The summed E-state index contributed by atoms with van der Waals surface area (Å²) in [6.07, 6.45) is 1.91. The molecule has 1 aliphatic heterocycles. The van der Waals surface area contributed by atoms with Crippen LogP contribution in [0, 0.1) is 6.92 Å². The predicted octanol–water partition coefficient (Wildman–Crippen LogP) is 3.50. The maximum absolute atomic E-state index is 12.6. The van der Waals surface area contributed by atoms with Gasteiger partial charge in [0, 0.05) is 33.9 Å². The van der Waals surface area contributed by atoms with Crippen molar-refractivity contribution in [3.05, 3.63) is 45.0 Å². The molecule has 0 atom stereocenters. The zero-order valence-corrected chi connectivity index (χ0v) is 16.3. The number of carbonyl (C=O) groups excluding carboxylic acids is 1. The van der Waals surface area contributed by atoms with Crippen molar-refractivity contribution < 1.29 is 4.79 Å². The minimum atomic E-state index is -0.0359. The third-order valence-corrected chi connectivity index (χ3v) is 6.05. The molecule has 5 nitrogen and oxygen atoms in total. The number of fused-ring (bicyclic) bond motifs is 3. The minimum Gasteiger partial charge on any atom is -0.335 e. The average Bonchev–Trinajstić information content (AvgIpc) is 3.00. The number of hydrogen-bond donors (Lipinski definition) is 2. The molecule has 3 aromatic rings. The molecule has 4 rings (SSSR count). The Kier molecular flexibility index (Phi) is 4.62. The van der Waals surface area contributed by atoms with Gasteiger partial charge in [-0.25, -0.2) is 4.98 Å². The van der Waals surface area contributed by atoms with Gasteiger partial charge < -0.3 is 15.2 Å². The van der Waals surface area contributed by atoms with Gasteiger partial charge in [-0.2, -0.15) is 0 Å². The number of carbonyl (C=O) groups is 1. The SMILES string of the molecule is Cc1csc(NC(=O)Cn2c3c(c4c(Br)cccc42)CCNCC3)n1. The molecule has 1 aliphatic rings. The summed E-state index contributed by atoms with van der Waals surface area (Å²) >= 11 is 5.15. The van der Waals surface area contributed by atoms with Crippen LogP contribution >= 0.6 is 27.3 Å². The molecule has 7 heteroatoms. The second kappa shape index (κ2) is 6.90. The molecule has 0 aliphatic carbocycles. The van der Waals surface area contributed by atoms with Crippen molar-refractivity contribution in [2.75, 3.05) is 18.4 Å². The molecule has 3 heterocycles. The van der Waals surface area contributed by atoms with Crippen molar-refractivity contribution >= 4 is 49.2 Å². The molecule has 0 spiro atoms. The number of hydrogen-bond acceptors (Lipinski definition) is 4. The molecule has 1 amide bonds. The summed E-state index contributed by atoms with van der Waals surface area (Å²) in [4.78, 5) is 16.9. The van der Waals surface area contributed by atoms with Crippen molar-refractivity contribution in [3.63, 3.8) is 0 Å². The number of aromatic nitrogens is 2. The summed E-state index contributed by atoms with van der Waals surface area (Å²) in [5.74, 6) is -0.0359. The van der Waals surface area contributed by atoms with Gasteiger partial charge in [0.25, 0.3) is 0 Å². The van der Waals surface area contributed by atoms with Gasteiger partial charge in [-0.1, -0.05) is 22.0 Å². The predicted molar refractivity (Wildman–Crippen MR) is 105 cm³/mol. The molecule has 130 valence electrons. The Morgan fingerprint density at radius 1 is 1.40 bits per heavy atom. The second-order valence-corrected chi connectivity index (χ2v) is 7.95. The fraction of sp³-hybridized carbons (Fsp3) is 0.333. The van der Waals surface area contributed by atoms with E-state index in [1.54, 1.807) is 0 Å². The standard InChI is InChI=1S/C18H19BrN4OS/c1-11-10-25-18(21-11)22-16(24)9-23-14-6-8-20-7-5-12(14)17-13(19)3-2-4-15(17)23/h2-4,10,20H,5-9H2,1H3,(H,21,22,24). The zero-order chi connectivity index (χ0) is 17.4. The first kappa shape index (κ1) is 16.8. The van der Waals surface area contributed by atoms with E-state index in [0.717, 1.165) is 41.6 Å². The van der Waals surface area contributed by atoms with Crippen LogP contribution in [0.25, 0.3) is 10.9 Å². The van der Waals surface area contributed by atoms with Gasteiger partial charge in [0.2, 0.25) is 5.91 Å². The Labute approximate surface area is 158 Å². The fourth-order valence-electron chi connectivity index (χ4n) is 3.48. The molecule has 0 unspecified atom stereocenters. The van der Waals surface area contributed by atoms with E-state index >= 15 is 0 Å². The summed E-state index contributed by atoms with van der Waals surface area (Å²) < 4.78 is 3.26. The summed E-state index contributed by atoms with van der Waals surface area (Å²) in [5, 5.41) is 10.2. The lowest BCUT2D eigenvalue weighted by Gasteiger charge is -2.10. The Hall–Kier alpha value is -1.70. The molecule has 0 bridgehead atoms. The van der Waals surface area contributed by atoms with Gasteiger partial charge >= 0.3 is 0 Å². The number of anilines is 1. The highest BCUT2D eigenvalue weighted by molar-refractivity contribution is 9.10. The van der Waals surface area contributed by atoms with Crippen LogP contribution in [0.2, 0.25) is 0 Å². The monoisotopic (exact) mass is 418 g/mol. The maximum atomic E-state index is 12.6. The van der Waals surface area contributed by atoms with Crippen molar-refractivity contribution in [2.24, 2.45) is 0 Å². The zero-order valence-electron chi connectivity index (χ0n) is 13.9. The summed E-state index contributed by atoms with van der Waals surface area (Å²) in [6, 6.07) is 6.20. The van der Waals surface area contributed by atoms with E-state index in [4.69, 9.17) is 0 Å². The summed E-state index contributed by atoms with van der Waals surface area (Å²) in [6.45, 7) is 4.14. The number of amides is 1. The Morgan fingerprint density at radius 2 is 2.24 bits per heavy atom. The van der Waals surface area contributed by atoms with E-state index in [9.17, 15) is 4.79 Å². The first-order valence-electron chi connectivity index (χ1n) is 8.34. The molecular weight excluding hydrogens is 400 g/mol. The van der Waals surface area contributed by atoms with Crippen LogP contribution < -0.4 is 10.6 Å². The largest absolute Gasteiger partial charge is 0.335 e. The van der Waals surface area contributed by atoms with E-state index in [0.29, 0.717) is 11.7 Å². The lowest BCUT2D eigenvalue weighted by atomic mass is 10.1. The Balaban J connectivity index is 1.72. The highest BCUT2D eigenvalue weighted by Gasteiger charge is 2.21. The van der Waals surface area contributed by atoms with Gasteiger partial charge in [0.05, 0.1) is 11.2 Å². The number of aryl methyl sites for hydroxylation is 1. The fourth-order valence-corrected chi connectivity index (χ4v) is 4.78. The molecular formula is C18H19BrN4OS. The van der Waals surface area contributed by atoms with Gasteiger partial charge in [-0.3, -0.25) is 4.79 Å². The van der Waals surface area contributed by atoms with Crippen LogP contribution in [0.1, 0.15) is 17.0 Å². The van der Waals surface area contributed by atoms with Gasteiger partial charge in [-0.05, 0) is 37.6 Å². The third-order valence-electron chi connectivity index (χ3n) is 4.52. The number of thiazole rings is 1. The minimum absolute atomic E-state index is 0.0359. The van der Waals surface area contributed by atoms with Gasteiger partial charge in [-0.15, -0.1) is 11.3 Å². The average molecular weight is 419 g/mol. The molecule has 1 aromatic carbocycles. The van der Waals surface area contributed by atoms with Crippen LogP contribution in [0.5, 0.6) is 0 Å². The first-order chi connectivity index (χ1) is 12.1. The van der Waals surface area contributed by atoms with E-state index in [1.807, 2.05) is 18.4 Å². The lowest BCUT2D eigenvalue weighted by molar-refractivity contribution is -0.116. The van der Waals surface area contributed by atoms with Crippen LogP contribution in [0.4, 0.5) is 5.13 Å². The topological polar surface area (TPSA) is 59.0 Å². The number of rotatable bonds is 3. The molecule has 0 fully saturated rings. The van der Waals surface area contributed by atoms with Crippen molar-refractivity contribution in [1.29, 1.82) is 0 Å². The molecule has 0 radical (unpaired) electrons. The second-order valence-electron chi connectivity index (χ2n) is 6.24. The number of nitrogens with zero attached hydrogens (tertiary/aromatic N) is 2. The van der Waals surface area contributed by atoms with Gasteiger partial charge in [0.15, 0.2) is 5.13 Å². The number of halogens is 1. The van der Waals surface area contributed by atoms with Crippen LogP contribution in [0.15, 0.2) is 28.1 Å². The van der Waals surface area contributed by atoms with Crippen LogP contribution in [-0.2, 0) is 24.2 Å². The Bertz CT molecular complexity index is 946. The maximum Gasteiger partial charge on any atom is 0.246 e. The van der Waals surface area contributed by atoms with E-state index in [-0.39, 0.29) is 5.91 Å². The molecule has 2 aromatic heterocycles. The Morgan fingerprint density at radius 3 is 3.04 bits per heavy atom. The normalized spacial score (nSPS) is 14.3. The van der Waals surface area contributed by atoms with E-state index in [2.05, 4.69) is 48.2 Å². The van der Waals surface area contributed by atoms with Crippen molar-refractivity contribution in [2.45, 2.75) is 26.3 Å². The third kappa shape index (κ3) is 3.23. The molecule has 25 heavy (non-hydrogen) atoms.